The molecule has 14 heavy (non-hydrogen) atoms. The van der Waals surface area contributed by atoms with Crippen LogP contribution in [0.5, 0.6) is 0 Å². The van der Waals surface area contributed by atoms with E-state index in [0.717, 1.165) is 25.9 Å². The number of aliphatic hydroxyl groups excluding tert-OH is 1. The fourth-order valence-electron chi connectivity index (χ4n) is 2.12. The van der Waals surface area contributed by atoms with Crippen LogP contribution in [0, 0.1) is 5.41 Å². The second kappa shape index (κ2) is 5.66. The van der Waals surface area contributed by atoms with E-state index in [-0.39, 0.29) is 11.5 Å². The van der Waals surface area contributed by atoms with Gasteiger partial charge in [0, 0.05) is 25.1 Å². The third kappa shape index (κ3) is 3.20. The topological polar surface area (TPSA) is 67.5 Å². The van der Waals surface area contributed by atoms with Crippen LogP contribution in [0.15, 0.2) is 0 Å². The normalized spacial score (nSPS) is 30.2. The number of hydrogen-bond acceptors (Lipinski definition) is 4. The lowest BCUT2D eigenvalue weighted by molar-refractivity contribution is -0.0295. The summed E-state index contributed by atoms with van der Waals surface area (Å²) in [5.41, 5.74) is 5.78. The van der Waals surface area contributed by atoms with Crippen LogP contribution < -0.4 is 11.1 Å². The zero-order valence-electron chi connectivity index (χ0n) is 8.96. The summed E-state index contributed by atoms with van der Waals surface area (Å²) in [7, 11) is 1.84. The molecule has 1 aliphatic rings. The highest BCUT2D eigenvalue weighted by Gasteiger charge is 2.33. The lowest BCUT2D eigenvalue weighted by Crippen LogP contribution is -2.43. The molecule has 0 saturated carbocycles. The van der Waals surface area contributed by atoms with Crippen molar-refractivity contribution < 1.29 is 9.84 Å². The van der Waals surface area contributed by atoms with E-state index >= 15 is 0 Å². The molecule has 1 saturated heterocycles. The number of nitrogens with one attached hydrogen (secondary N) is 1. The van der Waals surface area contributed by atoms with E-state index in [0.29, 0.717) is 19.7 Å². The van der Waals surface area contributed by atoms with Crippen LogP contribution in [0.4, 0.5) is 0 Å². The van der Waals surface area contributed by atoms with Gasteiger partial charge in [-0.05, 0) is 26.3 Å². The Hall–Kier alpha value is -0.160. The molecule has 0 aromatic rings. The maximum atomic E-state index is 9.72. The molecule has 0 spiro atoms. The van der Waals surface area contributed by atoms with Crippen molar-refractivity contribution in [3.05, 3.63) is 0 Å². The van der Waals surface area contributed by atoms with Crippen molar-refractivity contribution >= 4 is 0 Å². The largest absolute Gasteiger partial charge is 0.392 e. The molecule has 0 bridgehead atoms. The van der Waals surface area contributed by atoms with Gasteiger partial charge in [0.25, 0.3) is 0 Å². The number of hydrogen-bond donors (Lipinski definition) is 3. The predicted octanol–water partition coefficient (Wildman–Crippen LogP) is -0.288. The summed E-state index contributed by atoms with van der Waals surface area (Å²) in [5.74, 6) is 0. The first-order valence-electron chi connectivity index (χ1n) is 5.33. The molecule has 0 amide bonds. The molecule has 0 unspecified atom stereocenters. The van der Waals surface area contributed by atoms with E-state index in [1.165, 1.54) is 0 Å². The third-order valence-corrected chi connectivity index (χ3v) is 2.95. The highest BCUT2D eigenvalue weighted by atomic mass is 16.5. The Morgan fingerprint density at radius 3 is 2.93 bits per heavy atom. The second-order valence-corrected chi connectivity index (χ2v) is 4.28. The number of nitrogens with two attached hydrogens (primary N) is 1. The van der Waals surface area contributed by atoms with Gasteiger partial charge in [0.1, 0.15) is 0 Å². The van der Waals surface area contributed by atoms with E-state index in [9.17, 15) is 5.11 Å². The molecule has 4 heteroatoms. The van der Waals surface area contributed by atoms with Crippen LogP contribution in [-0.2, 0) is 4.74 Å². The van der Waals surface area contributed by atoms with Gasteiger partial charge >= 0.3 is 0 Å². The Morgan fingerprint density at radius 1 is 1.64 bits per heavy atom. The molecule has 0 aromatic carbocycles. The van der Waals surface area contributed by atoms with Gasteiger partial charge in [-0.2, -0.15) is 0 Å². The molecular weight excluding hydrogens is 180 g/mol. The zero-order valence-corrected chi connectivity index (χ0v) is 8.96. The molecular formula is C10H22N2O2. The van der Waals surface area contributed by atoms with Gasteiger partial charge in [-0.1, -0.05) is 0 Å². The van der Waals surface area contributed by atoms with Crippen molar-refractivity contribution in [2.24, 2.45) is 11.1 Å². The molecule has 4 N–H and O–H groups in total. The fraction of sp³-hybridized carbons (Fsp3) is 1.00. The summed E-state index contributed by atoms with van der Waals surface area (Å²) in [6, 6.07) is 0. The van der Waals surface area contributed by atoms with E-state index in [1.54, 1.807) is 0 Å². The van der Waals surface area contributed by atoms with Crippen LogP contribution >= 0.6 is 0 Å². The Labute approximate surface area is 85.8 Å². The summed E-state index contributed by atoms with van der Waals surface area (Å²) < 4.78 is 5.44. The molecule has 1 heterocycles. The summed E-state index contributed by atoms with van der Waals surface area (Å²) in [6.07, 6.45) is 2.56. The average Bonchev–Trinajstić information content (AvgIpc) is 2.19. The van der Waals surface area contributed by atoms with Crippen molar-refractivity contribution in [2.45, 2.75) is 25.4 Å². The minimum Gasteiger partial charge on any atom is -0.392 e. The Bertz CT molecular complexity index is 158. The second-order valence-electron chi connectivity index (χ2n) is 4.28. The van der Waals surface area contributed by atoms with Gasteiger partial charge in [-0.15, -0.1) is 0 Å². The average molecular weight is 202 g/mol. The van der Waals surface area contributed by atoms with E-state index in [4.69, 9.17) is 10.5 Å². The van der Waals surface area contributed by atoms with Crippen LogP contribution in [-0.4, -0.2) is 44.6 Å². The molecule has 1 fully saturated rings. The van der Waals surface area contributed by atoms with Crippen LogP contribution in [0.2, 0.25) is 0 Å². The number of likely N-dealkylation sites (N-methyl/N-ethyl adjacent to an activating group) is 1. The maximum Gasteiger partial charge on any atom is 0.0671 e. The standard InChI is InChI=1S/C10H22N2O2/c1-12-6-9(13)5-10(7-11)3-2-4-14-8-10/h9,12-13H,2-8,11H2,1H3/t9-,10-/m0/s1. The molecule has 1 aliphatic heterocycles. The Balaban J connectivity index is 2.42. The molecule has 0 aliphatic carbocycles. The zero-order chi connectivity index (χ0) is 10.4. The first-order valence-corrected chi connectivity index (χ1v) is 5.33. The number of aliphatic hydroxyl groups is 1. The number of ether oxygens (including phenoxy) is 1. The van der Waals surface area contributed by atoms with Gasteiger partial charge in [0.15, 0.2) is 0 Å². The summed E-state index contributed by atoms with van der Waals surface area (Å²) in [5, 5.41) is 12.7. The maximum absolute atomic E-state index is 9.72. The van der Waals surface area contributed by atoms with Gasteiger partial charge in [0.2, 0.25) is 0 Å². The van der Waals surface area contributed by atoms with Crippen molar-refractivity contribution in [3.8, 4) is 0 Å². The molecule has 1 rings (SSSR count). The quantitative estimate of drug-likeness (QED) is 0.573. The molecule has 0 radical (unpaired) electrons. The van der Waals surface area contributed by atoms with Gasteiger partial charge in [-0.25, -0.2) is 0 Å². The van der Waals surface area contributed by atoms with Crippen molar-refractivity contribution in [1.82, 2.24) is 5.32 Å². The summed E-state index contributed by atoms with van der Waals surface area (Å²) >= 11 is 0. The summed E-state index contributed by atoms with van der Waals surface area (Å²) in [4.78, 5) is 0. The van der Waals surface area contributed by atoms with Gasteiger partial charge in [-0.3, -0.25) is 0 Å². The Kier molecular flexibility index (Phi) is 4.81. The van der Waals surface area contributed by atoms with Crippen LogP contribution in [0.3, 0.4) is 0 Å². The highest BCUT2D eigenvalue weighted by Crippen LogP contribution is 2.32. The molecule has 0 aromatic heterocycles. The number of rotatable bonds is 5. The lowest BCUT2D eigenvalue weighted by Gasteiger charge is -2.37. The smallest absolute Gasteiger partial charge is 0.0671 e. The first-order chi connectivity index (χ1) is 6.72. The lowest BCUT2D eigenvalue weighted by atomic mass is 9.78. The molecule has 4 nitrogen and oxygen atoms in total. The minimum absolute atomic E-state index is 0.00845. The SMILES string of the molecule is CNC[C@@H](O)C[C@]1(CN)CCCOC1. The monoisotopic (exact) mass is 202 g/mol. The predicted molar refractivity (Wildman–Crippen MR) is 56.1 cm³/mol. The van der Waals surface area contributed by atoms with Crippen molar-refractivity contribution in [3.63, 3.8) is 0 Å². The molecule has 84 valence electrons. The van der Waals surface area contributed by atoms with E-state index < -0.39 is 0 Å². The Morgan fingerprint density at radius 2 is 2.43 bits per heavy atom. The first kappa shape index (κ1) is 11.9. The summed E-state index contributed by atoms with van der Waals surface area (Å²) in [6.45, 7) is 2.77. The van der Waals surface area contributed by atoms with Gasteiger partial charge in [0.05, 0.1) is 12.7 Å². The van der Waals surface area contributed by atoms with E-state index in [2.05, 4.69) is 5.32 Å². The fourth-order valence-corrected chi connectivity index (χ4v) is 2.12. The van der Waals surface area contributed by atoms with E-state index in [1.807, 2.05) is 7.05 Å². The highest BCUT2D eigenvalue weighted by molar-refractivity contribution is 4.85. The van der Waals surface area contributed by atoms with Crippen LogP contribution in [0.25, 0.3) is 0 Å². The minimum atomic E-state index is -0.315. The van der Waals surface area contributed by atoms with Crippen molar-refractivity contribution in [1.29, 1.82) is 0 Å². The molecule has 2 atom stereocenters. The van der Waals surface area contributed by atoms with Crippen molar-refractivity contribution in [2.75, 3.05) is 33.4 Å². The van der Waals surface area contributed by atoms with Crippen LogP contribution in [0.1, 0.15) is 19.3 Å². The third-order valence-electron chi connectivity index (χ3n) is 2.95. The van der Waals surface area contributed by atoms with Gasteiger partial charge < -0.3 is 20.9 Å².